The van der Waals surface area contributed by atoms with Crippen LogP contribution in [0.25, 0.3) is 16.6 Å². The molecule has 5 nitrogen and oxygen atoms in total. The fourth-order valence-corrected chi connectivity index (χ4v) is 2.48. The van der Waals surface area contributed by atoms with Gasteiger partial charge in [-0.05, 0) is 31.2 Å². The Kier molecular flexibility index (Phi) is 2.75. The Labute approximate surface area is 125 Å². The second kappa shape index (κ2) is 4.77. The van der Waals surface area contributed by atoms with Gasteiger partial charge < -0.3 is 5.32 Å². The average Bonchev–Trinajstić information content (AvgIpc) is 2.92. The van der Waals surface area contributed by atoms with Crippen LogP contribution in [-0.4, -0.2) is 19.6 Å². The Balaban J connectivity index is 1.99. The second-order valence-corrected chi connectivity index (χ2v) is 4.96. The summed E-state index contributed by atoms with van der Waals surface area (Å²) in [6, 6.07) is 14.2. The van der Waals surface area contributed by atoms with Gasteiger partial charge in [0, 0.05) is 5.39 Å². The highest BCUT2D eigenvalue weighted by Gasteiger charge is 2.13. The van der Waals surface area contributed by atoms with Gasteiger partial charge in [-0.1, -0.05) is 24.3 Å². The first-order valence-corrected chi connectivity index (χ1v) is 6.86. The predicted molar refractivity (Wildman–Crippen MR) is 82.7 cm³/mol. The van der Waals surface area contributed by atoms with Crippen molar-refractivity contribution in [2.75, 3.05) is 5.32 Å². The molecule has 0 atom stereocenters. The van der Waals surface area contributed by atoms with Gasteiger partial charge >= 0.3 is 0 Å². The van der Waals surface area contributed by atoms with E-state index in [1.165, 1.54) is 6.07 Å². The zero-order valence-electron chi connectivity index (χ0n) is 11.8. The summed E-state index contributed by atoms with van der Waals surface area (Å²) in [6.07, 6.45) is 0. The summed E-state index contributed by atoms with van der Waals surface area (Å²) in [7, 11) is 0. The molecular weight excluding hydrogens is 281 g/mol. The van der Waals surface area contributed by atoms with E-state index in [1.807, 2.05) is 31.2 Å². The standard InChI is InChI=1S/C16H12FN5/c1-10-20-21-15-11-6-2-4-8-13(11)18-16(22(10)15)19-14-9-5-3-7-12(14)17/h2-9H,1H3,(H,18,19). The summed E-state index contributed by atoms with van der Waals surface area (Å²) in [6.45, 7) is 1.84. The molecule has 0 amide bonds. The molecule has 0 aliphatic rings. The minimum atomic E-state index is -0.337. The van der Waals surface area contributed by atoms with Gasteiger partial charge in [0.05, 0.1) is 11.2 Å². The summed E-state index contributed by atoms with van der Waals surface area (Å²) in [5.41, 5.74) is 1.84. The highest BCUT2D eigenvalue weighted by molar-refractivity contribution is 5.92. The van der Waals surface area contributed by atoms with E-state index in [4.69, 9.17) is 0 Å². The summed E-state index contributed by atoms with van der Waals surface area (Å²) < 4.78 is 15.7. The van der Waals surface area contributed by atoms with Gasteiger partial charge in [0.2, 0.25) is 5.95 Å². The van der Waals surface area contributed by atoms with Gasteiger partial charge in [0.1, 0.15) is 11.6 Å². The van der Waals surface area contributed by atoms with Gasteiger partial charge in [-0.15, -0.1) is 10.2 Å². The highest BCUT2D eigenvalue weighted by atomic mass is 19.1. The second-order valence-electron chi connectivity index (χ2n) is 4.96. The number of hydrogen-bond acceptors (Lipinski definition) is 4. The quantitative estimate of drug-likeness (QED) is 0.615. The van der Waals surface area contributed by atoms with Crippen molar-refractivity contribution >= 4 is 28.2 Å². The molecule has 2 heterocycles. The lowest BCUT2D eigenvalue weighted by atomic mass is 10.2. The number of aromatic nitrogens is 4. The van der Waals surface area contributed by atoms with E-state index in [9.17, 15) is 4.39 Å². The normalized spacial score (nSPS) is 11.2. The lowest BCUT2D eigenvalue weighted by Gasteiger charge is -2.11. The molecule has 4 rings (SSSR count). The van der Waals surface area contributed by atoms with E-state index in [0.29, 0.717) is 23.1 Å². The first-order valence-electron chi connectivity index (χ1n) is 6.86. The number of para-hydroxylation sites is 2. The zero-order chi connectivity index (χ0) is 15.1. The van der Waals surface area contributed by atoms with Crippen LogP contribution in [0.1, 0.15) is 5.82 Å². The fraction of sp³-hybridized carbons (Fsp3) is 0.0625. The van der Waals surface area contributed by atoms with Crippen LogP contribution in [0.15, 0.2) is 48.5 Å². The highest BCUT2D eigenvalue weighted by Crippen LogP contribution is 2.24. The van der Waals surface area contributed by atoms with Crippen molar-refractivity contribution in [3.8, 4) is 0 Å². The molecule has 108 valence electrons. The molecule has 0 aliphatic carbocycles. The van der Waals surface area contributed by atoms with Crippen LogP contribution >= 0.6 is 0 Å². The fourth-order valence-electron chi connectivity index (χ4n) is 2.48. The average molecular weight is 293 g/mol. The Hall–Kier alpha value is -3.02. The van der Waals surface area contributed by atoms with Crippen molar-refractivity contribution in [3.63, 3.8) is 0 Å². The number of nitrogens with zero attached hydrogens (tertiary/aromatic N) is 4. The van der Waals surface area contributed by atoms with E-state index < -0.39 is 0 Å². The minimum absolute atomic E-state index is 0.337. The third-order valence-corrected chi connectivity index (χ3v) is 3.53. The molecule has 0 aliphatic heterocycles. The molecule has 2 aromatic heterocycles. The summed E-state index contributed by atoms with van der Waals surface area (Å²) in [5, 5.41) is 12.3. The maximum atomic E-state index is 13.9. The smallest absolute Gasteiger partial charge is 0.215 e. The van der Waals surface area contributed by atoms with Gasteiger partial charge in [-0.3, -0.25) is 0 Å². The van der Waals surface area contributed by atoms with E-state index >= 15 is 0 Å². The van der Waals surface area contributed by atoms with Crippen molar-refractivity contribution in [3.05, 3.63) is 60.2 Å². The Morgan fingerprint density at radius 3 is 2.64 bits per heavy atom. The monoisotopic (exact) mass is 293 g/mol. The van der Waals surface area contributed by atoms with E-state index in [-0.39, 0.29) is 5.82 Å². The molecule has 0 unspecified atom stereocenters. The largest absolute Gasteiger partial charge is 0.323 e. The SMILES string of the molecule is Cc1nnc2c3ccccc3nc(Nc3ccccc3F)n12. The van der Waals surface area contributed by atoms with E-state index in [2.05, 4.69) is 20.5 Å². The number of aryl methyl sites for hydroxylation is 1. The Morgan fingerprint density at radius 1 is 1.00 bits per heavy atom. The van der Waals surface area contributed by atoms with Gasteiger partial charge in [-0.2, -0.15) is 0 Å². The lowest BCUT2D eigenvalue weighted by Crippen LogP contribution is -2.05. The number of anilines is 2. The van der Waals surface area contributed by atoms with Crippen LogP contribution in [-0.2, 0) is 0 Å². The molecule has 0 saturated heterocycles. The number of halogens is 1. The molecule has 2 aromatic carbocycles. The van der Waals surface area contributed by atoms with E-state index in [0.717, 1.165) is 10.9 Å². The number of benzene rings is 2. The number of fused-ring (bicyclic) bond motifs is 3. The van der Waals surface area contributed by atoms with Crippen molar-refractivity contribution in [2.45, 2.75) is 6.92 Å². The first-order chi connectivity index (χ1) is 10.7. The molecule has 4 aromatic rings. The van der Waals surface area contributed by atoms with Crippen molar-refractivity contribution < 1.29 is 4.39 Å². The summed E-state index contributed by atoms with van der Waals surface area (Å²) >= 11 is 0. The van der Waals surface area contributed by atoms with Crippen molar-refractivity contribution in [1.29, 1.82) is 0 Å². The molecule has 0 saturated carbocycles. The third-order valence-electron chi connectivity index (χ3n) is 3.53. The zero-order valence-corrected chi connectivity index (χ0v) is 11.8. The Bertz CT molecular complexity index is 992. The van der Waals surface area contributed by atoms with Crippen LogP contribution in [0.4, 0.5) is 16.0 Å². The number of rotatable bonds is 2. The number of hydrogen-bond donors (Lipinski definition) is 1. The molecule has 0 fully saturated rings. The third kappa shape index (κ3) is 1.88. The topological polar surface area (TPSA) is 55.1 Å². The van der Waals surface area contributed by atoms with Crippen LogP contribution in [0.5, 0.6) is 0 Å². The summed E-state index contributed by atoms with van der Waals surface area (Å²) in [5.74, 6) is 0.838. The van der Waals surface area contributed by atoms with Crippen LogP contribution in [0, 0.1) is 12.7 Å². The van der Waals surface area contributed by atoms with Crippen LogP contribution in [0.3, 0.4) is 0 Å². The van der Waals surface area contributed by atoms with Gasteiger partial charge in [0.25, 0.3) is 0 Å². The maximum absolute atomic E-state index is 13.9. The number of nitrogens with one attached hydrogen (secondary N) is 1. The molecule has 6 heteroatoms. The summed E-state index contributed by atoms with van der Waals surface area (Å²) in [4.78, 5) is 4.58. The van der Waals surface area contributed by atoms with Crippen molar-refractivity contribution in [1.82, 2.24) is 19.6 Å². The molecule has 22 heavy (non-hydrogen) atoms. The van der Waals surface area contributed by atoms with Crippen molar-refractivity contribution in [2.24, 2.45) is 0 Å². The molecule has 0 radical (unpaired) electrons. The molecule has 1 N–H and O–H groups in total. The van der Waals surface area contributed by atoms with Crippen LogP contribution in [0.2, 0.25) is 0 Å². The molecule has 0 spiro atoms. The minimum Gasteiger partial charge on any atom is -0.323 e. The van der Waals surface area contributed by atoms with Gasteiger partial charge in [0.15, 0.2) is 5.65 Å². The lowest BCUT2D eigenvalue weighted by molar-refractivity contribution is 0.631. The van der Waals surface area contributed by atoms with E-state index in [1.54, 1.807) is 22.6 Å². The predicted octanol–water partition coefficient (Wildman–Crippen LogP) is 3.47. The molecule has 0 bridgehead atoms. The Morgan fingerprint density at radius 2 is 1.77 bits per heavy atom. The van der Waals surface area contributed by atoms with Gasteiger partial charge in [-0.25, -0.2) is 13.8 Å². The maximum Gasteiger partial charge on any atom is 0.215 e. The van der Waals surface area contributed by atoms with Crippen LogP contribution < -0.4 is 5.32 Å². The molecular formula is C16H12FN5. The first kappa shape index (κ1) is 12.7.